The summed E-state index contributed by atoms with van der Waals surface area (Å²) >= 11 is 1.59. The first-order valence-corrected chi connectivity index (χ1v) is 8.70. The largest absolute Gasteiger partial charge is 0.469 e. The number of carbonyl (C=O) groups is 2. The second-order valence-corrected chi connectivity index (χ2v) is 6.12. The van der Waals surface area contributed by atoms with Gasteiger partial charge in [0.05, 0.1) is 19.9 Å². The number of hydrogen-bond donors (Lipinski definition) is 1. The molecule has 0 saturated carbocycles. The van der Waals surface area contributed by atoms with E-state index in [2.05, 4.69) is 4.74 Å². The van der Waals surface area contributed by atoms with E-state index in [1.165, 1.54) is 14.2 Å². The third kappa shape index (κ3) is 4.82. The van der Waals surface area contributed by atoms with Gasteiger partial charge in [-0.1, -0.05) is 30.3 Å². The summed E-state index contributed by atoms with van der Waals surface area (Å²) in [7, 11) is 2.62. The van der Waals surface area contributed by atoms with Crippen LogP contribution < -0.4 is 0 Å². The average Bonchev–Trinajstić information content (AvgIpc) is 2.61. The van der Waals surface area contributed by atoms with Gasteiger partial charge in [0.2, 0.25) is 0 Å². The second kappa shape index (κ2) is 9.35. The number of nitrogens with one attached hydrogen (secondary N) is 1. The van der Waals surface area contributed by atoms with E-state index in [-0.39, 0.29) is 18.6 Å². The molecule has 1 N–H and O–H groups in total. The zero-order valence-corrected chi connectivity index (χ0v) is 14.6. The highest BCUT2D eigenvalue weighted by Crippen LogP contribution is 2.35. The van der Waals surface area contributed by atoms with Gasteiger partial charge >= 0.3 is 11.9 Å². The third-order valence-corrected chi connectivity index (χ3v) is 4.45. The zero-order chi connectivity index (χ0) is 17.3. The summed E-state index contributed by atoms with van der Waals surface area (Å²) in [6.07, 6.45) is 2.63. The van der Waals surface area contributed by atoms with Crippen molar-refractivity contribution in [3.05, 3.63) is 35.9 Å². The molecule has 0 aliphatic heterocycles. The predicted octanol–water partition coefficient (Wildman–Crippen LogP) is 2.92. The topological polar surface area (TPSA) is 76.5 Å². The molecule has 23 heavy (non-hydrogen) atoms. The molecule has 0 bridgehead atoms. The van der Waals surface area contributed by atoms with Crippen molar-refractivity contribution >= 4 is 29.4 Å². The molecule has 0 spiro atoms. The molecule has 0 amide bonds. The standard InChI is InChI=1S/C17H23NO4S/c1-21-14(19)9-10-17(11-12-23-3,16(20)22-2)15(18)13-7-5-4-6-8-13/h4-8,18H,9-12H2,1-3H3. The van der Waals surface area contributed by atoms with Gasteiger partial charge in [-0.15, -0.1) is 0 Å². The highest BCUT2D eigenvalue weighted by Gasteiger charge is 2.44. The Morgan fingerprint density at radius 2 is 1.78 bits per heavy atom. The van der Waals surface area contributed by atoms with E-state index < -0.39 is 17.4 Å². The molecule has 0 heterocycles. The minimum atomic E-state index is -1.15. The van der Waals surface area contributed by atoms with Crippen LogP contribution in [0.4, 0.5) is 0 Å². The van der Waals surface area contributed by atoms with Gasteiger partial charge in [-0.3, -0.25) is 9.59 Å². The van der Waals surface area contributed by atoms with Crippen molar-refractivity contribution in [3.63, 3.8) is 0 Å². The van der Waals surface area contributed by atoms with Crippen molar-refractivity contribution in [2.24, 2.45) is 5.41 Å². The Balaban J connectivity index is 3.21. The first-order valence-electron chi connectivity index (χ1n) is 7.30. The fourth-order valence-corrected chi connectivity index (χ4v) is 3.00. The van der Waals surface area contributed by atoms with Crippen molar-refractivity contribution in [1.29, 1.82) is 5.41 Å². The van der Waals surface area contributed by atoms with Gasteiger partial charge in [0.25, 0.3) is 0 Å². The Hall–Kier alpha value is -1.82. The van der Waals surface area contributed by atoms with E-state index in [9.17, 15) is 9.59 Å². The van der Waals surface area contributed by atoms with E-state index in [4.69, 9.17) is 10.1 Å². The van der Waals surface area contributed by atoms with E-state index in [0.717, 1.165) is 0 Å². The highest BCUT2D eigenvalue weighted by atomic mass is 32.2. The molecule has 1 atom stereocenters. The van der Waals surface area contributed by atoms with Crippen molar-refractivity contribution in [2.45, 2.75) is 19.3 Å². The molecule has 0 aliphatic rings. The van der Waals surface area contributed by atoms with Crippen LogP contribution in [-0.2, 0) is 19.1 Å². The Morgan fingerprint density at radius 1 is 1.13 bits per heavy atom. The van der Waals surface area contributed by atoms with Gasteiger partial charge in [0.15, 0.2) is 0 Å². The first-order chi connectivity index (χ1) is 11.0. The smallest absolute Gasteiger partial charge is 0.317 e. The minimum Gasteiger partial charge on any atom is -0.469 e. The maximum atomic E-state index is 12.5. The minimum absolute atomic E-state index is 0.0647. The quantitative estimate of drug-likeness (QED) is 0.554. The molecule has 1 aromatic carbocycles. The van der Waals surface area contributed by atoms with E-state index in [0.29, 0.717) is 17.7 Å². The lowest BCUT2D eigenvalue weighted by molar-refractivity contribution is -0.150. The summed E-state index contributed by atoms with van der Waals surface area (Å²) in [4.78, 5) is 24.1. The number of methoxy groups -OCH3 is 2. The molecule has 1 aromatic rings. The van der Waals surface area contributed by atoms with Crippen LogP contribution in [0, 0.1) is 10.8 Å². The fraction of sp³-hybridized carbons (Fsp3) is 0.471. The maximum Gasteiger partial charge on any atom is 0.317 e. The molecular formula is C17H23NO4S. The molecule has 1 unspecified atom stereocenters. The zero-order valence-electron chi connectivity index (χ0n) is 13.8. The molecule has 0 fully saturated rings. The summed E-state index contributed by atoms with van der Waals surface area (Å²) in [5, 5.41) is 8.59. The van der Waals surface area contributed by atoms with E-state index in [1.807, 2.05) is 24.5 Å². The van der Waals surface area contributed by atoms with Crippen LogP contribution in [-0.4, -0.2) is 43.9 Å². The number of thioether (sulfide) groups is 1. The molecule has 5 nitrogen and oxygen atoms in total. The van der Waals surface area contributed by atoms with Crippen LogP contribution >= 0.6 is 11.8 Å². The summed E-state index contributed by atoms with van der Waals surface area (Å²) < 4.78 is 9.66. The summed E-state index contributed by atoms with van der Waals surface area (Å²) in [5.41, 5.74) is -0.306. The van der Waals surface area contributed by atoms with Gasteiger partial charge in [0.1, 0.15) is 5.41 Å². The lowest BCUT2D eigenvalue weighted by atomic mass is 9.73. The summed E-state index contributed by atoms with van der Waals surface area (Å²) in [6.45, 7) is 0. The fourth-order valence-electron chi connectivity index (χ4n) is 2.45. The molecule has 0 radical (unpaired) electrons. The van der Waals surface area contributed by atoms with Gasteiger partial charge in [-0.05, 0) is 30.4 Å². The van der Waals surface area contributed by atoms with Gasteiger partial charge in [-0.25, -0.2) is 0 Å². The molecule has 6 heteroatoms. The summed E-state index contributed by atoms with van der Waals surface area (Å²) in [6, 6.07) is 9.07. The van der Waals surface area contributed by atoms with Crippen LogP contribution in [0.25, 0.3) is 0 Å². The van der Waals surface area contributed by atoms with Crippen LogP contribution in [0.15, 0.2) is 30.3 Å². The lowest BCUT2D eigenvalue weighted by Crippen LogP contribution is -2.41. The Bertz CT molecular complexity index is 547. The van der Waals surface area contributed by atoms with Crippen LogP contribution in [0.2, 0.25) is 0 Å². The van der Waals surface area contributed by atoms with Crippen LogP contribution in [0.5, 0.6) is 0 Å². The average molecular weight is 337 g/mol. The molecule has 0 saturated heterocycles. The van der Waals surface area contributed by atoms with Crippen molar-refractivity contribution in [1.82, 2.24) is 0 Å². The molecular weight excluding hydrogens is 314 g/mol. The van der Waals surface area contributed by atoms with Crippen LogP contribution in [0.1, 0.15) is 24.8 Å². The van der Waals surface area contributed by atoms with Gasteiger partial charge in [-0.2, -0.15) is 11.8 Å². The number of esters is 2. The summed E-state index contributed by atoms with van der Waals surface area (Å²) in [5.74, 6) is -0.196. The van der Waals surface area contributed by atoms with Crippen molar-refractivity contribution in [2.75, 3.05) is 26.2 Å². The highest BCUT2D eigenvalue weighted by molar-refractivity contribution is 7.98. The number of benzene rings is 1. The number of rotatable bonds is 9. The molecule has 0 aliphatic carbocycles. The Morgan fingerprint density at radius 3 is 2.30 bits per heavy atom. The maximum absolute atomic E-state index is 12.5. The number of hydrogen-bond acceptors (Lipinski definition) is 6. The monoisotopic (exact) mass is 337 g/mol. The van der Waals surface area contributed by atoms with Crippen molar-refractivity contribution < 1.29 is 19.1 Å². The predicted molar refractivity (Wildman–Crippen MR) is 92.0 cm³/mol. The number of carbonyl (C=O) groups excluding carboxylic acids is 2. The van der Waals surface area contributed by atoms with E-state index >= 15 is 0 Å². The Labute approximate surface area is 141 Å². The third-order valence-electron chi connectivity index (χ3n) is 3.83. The first kappa shape index (κ1) is 19.2. The Kier molecular flexibility index (Phi) is 7.81. The van der Waals surface area contributed by atoms with Gasteiger partial charge in [0, 0.05) is 6.42 Å². The molecule has 0 aromatic heterocycles. The van der Waals surface area contributed by atoms with Crippen molar-refractivity contribution in [3.8, 4) is 0 Å². The number of ether oxygens (including phenoxy) is 2. The molecule has 1 rings (SSSR count). The van der Waals surface area contributed by atoms with Crippen LogP contribution in [0.3, 0.4) is 0 Å². The SMILES string of the molecule is COC(=O)CCC(CCSC)(C(=N)c1ccccc1)C(=O)OC. The van der Waals surface area contributed by atoms with Gasteiger partial charge < -0.3 is 14.9 Å². The second-order valence-electron chi connectivity index (χ2n) is 5.13. The lowest BCUT2D eigenvalue weighted by Gasteiger charge is -2.31. The molecule has 126 valence electrons. The normalized spacial score (nSPS) is 13.0. The van der Waals surface area contributed by atoms with E-state index in [1.54, 1.807) is 23.9 Å².